The zero-order valence-corrected chi connectivity index (χ0v) is 40.1. The molecule has 67 heavy (non-hydrogen) atoms. The Labute approximate surface area is 397 Å². The second-order valence-electron chi connectivity index (χ2n) is 20.4. The lowest BCUT2D eigenvalue weighted by atomic mass is 9.61. The van der Waals surface area contributed by atoms with Crippen LogP contribution in [0.1, 0.15) is 150 Å². The van der Waals surface area contributed by atoms with E-state index in [-0.39, 0.29) is 48.0 Å². The number of nitrogens with one attached hydrogen (secondary N) is 2. The molecular weight excluding hydrogens is 843 g/mol. The monoisotopic (exact) mass is 918 g/mol. The summed E-state index contributed by atoms with van der Waals surface area (Å²) < 4.78 is 5.49. The number of Topliss-reactive ketones (excluding diaryl/α,β-unsaturated/α-hetero) is 2. The summed E-state index contributed by atoms with van der Waals surface area (Å²) in [5.74, 6) is 5.10. The standard InChI is InChI=1S/C56H75N3O8/c1-5-12-44(55(66)56(22-10-7-11-23-56)51-31-42(33-59-51)34(2)15-19-47(61)35(3)60)41-27-37(25-36-21-24-58-52(57)28-36)26-39-16-18-43(38-13-8-6-9-14-38)45-32-49(63)50(67-4)30-40(45)17-20-48(62)54(65)53(64)46(39)29-41/h6,8-9,13-14,21,28,30-35,37,39,41,43-44,46-47,54-55,58-61,63,65-66H,5,7,10-12,15,17,19-20,22-27,29,57H2,1-4H3. The van der Waals surface area contributed by atoms with Crippen LogP contribution in [0.4, 0.5) is 0 Å². The minimum Gasteiger partial charge on any atom is -0.504 e. The molecule has 0 saturated heterocycles. The van der Waals surface area contributed by atoms with Crippen molar-refractivity contribution in [3.8, 4) is 23.3 Å². The van der Waals surface area contributed by atoms with Crippen LogP contribution in [-0.4, -0.2) is 80.2 Å². The number of aliphatic hydroxyl groups is 4. The van der Waals surface area contributed by atoms with Gasteiger partial charge in [0.25, 0.3) is 0 Å². The van der Waals surface area contributed by atoms with Crippen molar-refractivity contribution in [2.24, 2.45) is 35.3 Å². The molecular formula is C56H75N3O8. The molecule has 4 aliphatic rings. The van der Waals surface area contributed by atoms with Crippen molar-refractivity contribution in [3.63, 3.8) is 0 Å². The molecule has 3 aliphatic carbocycles. The number of aromatic amines is 1. The number of fused-ring (bicyclic) bond motifs is 2. The lowest BCUT2D eigenvalue weighted by Crippen LogP contribution is -2.48. The number of methoxy groups -OCH3 is 1. The Kier molecular flexibility index (Phi) is 16.8. The predicted molar refractivity (Wildman–Crippen MR) is 261 cm³/mol. The lowest BCUT2D eigenvalue weighted by molar-refractivity contribution is -0.142. The molecule has 11 atom stereocenters. The molecule has 0 amide bonds. The second kappa shape index (κ2) is 22.5. The molecule has 11 unspecified atom stereocenters. The highest BCUT2D eigenvalue weighted by molar-refractivity contribution is 6.06. The number of phenols is 1. The number of aryl methyl sites for hydroxylation is 1. The molecule has 1 aliphatic heterocycles. The Morgan fingerprint density at radius 3 is 2.40 bits per heavy atom. The summed E-state index contributed by atoms with van der Waals surface area (Å²) in [6, 6.07) is 15.5. The summed E-state index contributed by atoms with van der Waals surface area (Å²) in [6.07, 6.45) is 11.9. The van der Waals surface area contributed by atoms with E-state index in [2.05, 4.69) is 48.1 Å². The van der Waals surface area contributed by atoms with Crippen LogP contribution in [0.3, 0.4) is 0 Å². The van der Waals surface area contributed by atoms with Gasteiger partial charge in [-0.2, -0.15) is 0 Å². The van der Waals surface area contributed by atoms with E-state index in [1.807, 2.05) is 42.6 Å². The van der Waals surface area contributed by atoms with Crippen LogP contribution in [0, 0.1) is 41.4 Å². The highest BCUT2D eigenvalue weighted by Gasteiger charge is 2.49. The number of allylic oxidation sites excluding steroid dienone is 2. The first-order chi connectivity index (χ1) is 32.2. The summed E-state index contributed by atoms with van der Waals surface area (Å²) in [6.45, 7) is 6.51. The molecule has 7 rings (SSSR count). The molecule has 3 aromatic rings. The van der Waals surface area contributed by atoms with Gasteiger partial charge in [-0.3, -0.25) is 9.59 Å². The number of hydrogen-bond acceptors (Lipinski definition) is 10. The van der Waals surface area contributed by atoms with Gasteiger partial charge in [0.2, 0.25) is 0 Å². The molecule has 0 radical (unpaired) electrons. The number of benzene rings is 2. The fraction of sp³-hybridized carbons (Fsp3) is 0.571. The summed E-state index contributed by atoms with van der Waals surface area (Å²) in [5.41, 5.74) is 11.4. The van der Waals surface area contributed by atoms with Gasteiger partial charge in [-0.1, -0.05) is 87.8 Å². The van der Waals surface area contributed by atoms with Gasteiger partial charge in [0.15, 0.2) is 29.2 Å². The fourth-order valence-corrected chi connectivity index (χ4v) is 12.0. The first kappa shape index (κ1) is 50.0. The van der Waals surface area contributed by atoms with Gasteiger partial charge in [-0.15, -0.1) is 0 Å². The first-order valence-electron chi connectivity index (χ1n) is 25.1. The number of dihydropyridines is 1. The minimum absolute atomic E-state index is 0.0377. The van der Waals surface area contributed by atoms with Gasteiger partial charge in [-0.25, -0.2) is 0 Å². The van der Waals surface area contributed by atoms with Crippen LogP contribution in [0.5, 0.6) is 11.5 Å². The molecule has 362 valence electrons. The van der Waals surface area contributed by atoms with Crippen LogP contribution < -0.4 is 15.8 Å². The van der Waals surface area contributed by atoms with E-state index in [0.29, 0.717) is 44.5 Å². The topological polar surface area (TPSA) is 198 Å². The van der Waals surface area contributed by atoms with Gasteiger partial charge in [0.05, 0.1) is 37.2 Å². The predicted octanol–water partition coefficient (Wildman–Crippen LogP) is 7.98. The number of carbonyl (C=O) groups excluding carboxylic acids is 2. The maximum atomic E-state index is 15.0. The number of rotatable bonds is 15. The normalized spacial score (nSPS) is 26.7. The number of hydrogen-bond donors (Lipinski definition) is 8. The van der Waals surface area contributed by atoms with Crippen molar-refractivity contribution in [3.05, 3.63) is 106 Å². The van der Waals surface area contributed by atoms with Crippen molar-refractivity contribution >= 4 is 11.6 Å². The molecule has 2 aromatic carbocycles. The van der Waals surface area contributed by atoms with Crippen molar-refractivity contribution < 1.29 is 39.9 Å². The number of aromatic nitrogens is 1. The summed E-state index contributed by atoms with van der Waals surface area (Å²) in [5, 5.41) is 59.7. The molecule has 2 saturated carbocycles. The molecule has 0 bridgehead atoms. The smallest absolute Gasteiger partial charge is 0.173 e. The van der Waals surface area contributed by atoms with Gasteiger partial charge in [0, 0.05) is 42.1 Å². The zero-order chi connectivity index (χ0) is 47.8. The number of nitrogens with two attached hydrogens (primary N) is 1. The maximum Gasteiger partial charge on any atom is 0.173 e. The number of aliphatic hydroxyl groups excluding tert-OH is 4. The number of carbonyl (C=O) groups is 2. The third-order valence-corrected chi connectivity index (χ3v) is 15.9. The fourth-order valence-electron chi connectivity index (χ4n) is 12.0. The third kappa shape index (κ3) is 11.5. The van der Waals surface area contributed by atoms with Crippen molar-refractivity contribution in [1.82, 2.24) is 10.3 Å². The van der Waals surface area contributed by atoms with Crippen molar-refractivity contribution in [2.75, 3.05) is 13.7 Å². The van der Waals surface area contributed by atoms with Gasteiger partial charge in [-0.05, 0) is 147 Å². The highest BCUT2D eigenvalue weighted by atomic mass is 16.5. The quantitative estimate of drug-likeness (QED) is 0.0547. The largest absolute Gasteiger partial charge is 0.504 e. The molecule has 11 heteroatoms. The Hall–Kier alpha value is -4.86. The lowest BCUT2D eigenvalue weighted by Gasteiger charge is -2.46. The average Bonchev–Trinajstić information content (AvgIpc) is 3.77. The summed E-state index contributed by atoms with van der Waals surface area (Å²) in [4.78, 5) is 32.7. The minimum atomic E-state index is -1.83. The van der Waals surface area contributed by atoms with Crippen molar-refractivity contribution in [1.29, 1.82) is 0 Å². The van der Waals surface area contributed by atoms with Crippen molar-refractivity contribution in [2.45, 2.75) is 159 Å². The van der Waals surface area contributed by atoms with Crippen LogP contribution in [0.2, 0.25) is 0 Å². The molecule has 1 aromatic heterocycles. The number of aromatic hydroxyl groups is 1. The van der Waals surface area contributed by atoms with Crippen LogP contribution in [0.15, 0.2) is 78.3 Å². The second-order valence-corrected chi connectivity index (χ2v) is 20.4. The van der Waals surface area contributed by atoms with Crippen LogP contribution >= 0.6 is 0 Å². The van der Waals surface area contributed by atoms with E-state index < -0.39 is 59.2 Å². The number of H-pyrrole nitrogens is 1. The molecule has 0 spiro atoms. The van der Waals surface area contributed by atoms with E-state index in [9.17, 15) is 35.1 Å². The van der Waals surface area contributed by atoms with Crippen LogP contribution in [0.25, 0.3) is 0 Å². The van der Waals surface area contributed by atoms with E-state index in [1.165, 1.54) is 7.11 Å². The Morgan fingerprint density at radius 1 is 0.940 bits per heavy atom. The van der Waals surface area contributed by atoms with E-state index >= 15 is 0 Å². The Balaban J connectivity index is 1.32. The SMILES string of the molecule is CCCC(C1CC(CC2=CCNC(N)=C2)CC2C#CC(c3ccccc3)c3cc(O)c(OC)cc3CCC(=O)C(O)C(=O)C2C1)C(O)C1(c2cc(C(C)CCC(O)C(C)O)c[nH]2)CCCCC1. The van der Waals surface area contributed by atoms with Crippen LogP contribution in [-0.2, 0) is 21.4 Å². The molecule has 2 heterocycles. The zero-order valence-electron chi connectivity index (χ0n) is 40.1. The number of phenolic OH excluding ortho intramolecular Hbond substituents is 1. The Bertz CT molecular complexity index is 2280. The summed E-state index contributed by atoms with van der Waals surface area (Å²) in [7, 11) is 1.48. The van der Waals surface area contributed by atoms with Gasteiger partial charge < -0.3 is 46.3 Å². The number of ether oxygens (including phenoxy) is 1. The highest BCUT2D eigenvalue weighted by Crippen LogP contribution is 2.51. The van der Waals surface area contributed by atoms with E-state index in [0.717, 1.165) is 84.9 Å². The number of ketones is 2. The molecule has 9 N–H and O–H groups in total. The van der Waals surface area contributed by atoms with E-state index in [1.54, 1.807) is 19.1 Å². The molecule has 2 fully saturated rings. The summed E-state index contributed by atoms with van der Waals surface area (Å²) >= 11 is 0. The maximum absolute atomic E-state index is 15.0. The third-order valence-electron chi connectivity index (χ3n) is 15.9. The molecule has 11 nitrogen and oxygen atoms in total. The Morgan fingerprint density at radius 2 is 1.70 bits per heavy atom. The first-order valence-corrected chi connectivity index (χ1v) is 25.1. The van der Waals surface area contributed by atoms with Gasteiger partial charge >= 0.3 is 0 Å². The van der Waals surface area contributed by atoms with Gasteiger partial charge in [0.1, 0.15) is 0 Å². The average molecular weight is 918 g/mol. The van der Waals surface area contributed by atoms with E-state index in [4.69, 9.17) is 10.5 Å².